The Bertz CT molecular complexity index is 444. The Kier molecular flexibility index (Phi) is 4.87. The summed E-state index contributed by atoms with van der Waals surface area (Å²) in [5.41, 5.74) is 0.790. The first-order valence-corrected chi connectivity index (χ1v) is 6.82. The molecule has 5 heteroatoms. The van der Waals surface area contributed by atoms with E-state index in [4.69, 9.17) is 17.0 Å². The summed E-state index contributed by atoms with van der Waals surface area (Å²) in [4.78, 5) is 13.4. The average Bonchev–Trinajstić information content (AvgIpc) is 2.91. The lowest BCUT2D eigenvalue weighted by Crippen LogP contribution is -2.29. The van der Waals surface area contributed by atoms with Gasteiger partial charge < -0.3 is 10.1 Å². The minimum Gasteiger partial charge on any atom is -0.403 e. The van der Waals surface area contributed by atoms with Crippen LogP contribution in [-0.4, -0.2) is 31.3 Å². The van der Waals surface area contributed by atoms with Gasteiger partial charge in [0.25, 0.3) is 0 Å². The molecule has 0 aromatic heterocycles. The molecule has 0 spiro atoms. The van der Waals surface area contributed by atoms with Crippen molar-refractivity contribution in [2.45, 2.75) is 12.8 Å². The molecule has 19 heavy (non-hydrogen) atoms. The van der Waals surface area contributed by atoms with E-state index >= 15 is 0 Å². The molecule has 1 aliphatic heterocycles. The number of benzene rings is 1. The smallest absolute Gasteiger partial charge is 0.403 e. The van der Waals surface area contributed by atoms with Crippen molar-refractivity contribution >= 4 is 29.0 Å². The van der Waals surface area contributed by atoms with Gasteiger partial charge in [-0.05, 0) is 49.8 Å². The van der Waals surface area contributed by atoms with Crippen molar-refractivity contribution in [1.29, 1.82) is 0 Å². The fourth-order valence-electron chi connectivity index (χ4n) is 2.09. The first kappa shape index (κ1) is 14.0. The van der Waals surface area contributed by atoms with Crippen molar-refractivity contribution in [3.63, 3.8) is 0 Å². The Morgan fingerprint density at radius 3 is 2.84 bits per heavy atom. The Labute approximate surface area is 118 Å². The number of nitrogens with one attached hydrogen (secondary N) is 1. The number of amides is 1. The van der Waals surface area contributed by atoms with E-state index in [2.05, 4.69) is 5.32 Å². The molecule has 1 N–H and O–H groups in total. The third kappa shape index (κ3) is 4.01. The van der Waals surface area contributed by atoms with E-state index in [0.717, 1.165) is 25.2 Å². The third-order valence-corrected chi connectivity index (χ3v) is 3.49. The van der Waals surface area contributed by atoms with Gasteiger partial charge in [-0.1, -0.05) is 18.2 Å². The summed E-state index contributed by atoms with van der Waals surface area (Å²) in [7, 11) is 1.68. The van der Waals surface area contributed by atoms with Gasteiger partial charge in [-0.15, -0.1) is 0 Å². The van der Waals surface area contributed by atoms with Crippen molar-refractivity contribution < 1.29 is 9.53 Å². The number of para-hydroxylation sites is 1. The molecule has 0 aliphatic carbocycles. The van der Waals surface area contributed by atoms with Crippen LogP contribution in [0.1, 0.15) is 12.8 Å². The highest BCUT2D eigenvalue weighted by Gasteiger charge is 2.20. The predicted octanol–water partition coefficient (Wildman–Crippen LogP) is 2.59. The quantitative estimate of drug-likeness (QED) is 0.863. The van der Waals surface area contributed by atoms with E-state index in [-0.39, 0.29) is 0 Å². The molecule has 1 atom stereocenters. The number of ether oxygens (including phenoxy) is 1. The van der Waals surface area contributed by atoms with E-state index in [1.54, 1.807) is 7.05 Å². The minimum absolute atomic E-state index is 0.376. The largest absolute Gasteiger partial charge is 0.419 e. The van der Waals surface area contributed by atoms with E-state index in [1.807, 2.05) is 30.3 Å². The predicted molar refractivity (Wildman–Crippen MR) is 79.5 cm³/mol. The highest BCUT2D eigenvalue weighted by atomic mass is 32.1. The van der Waals surface area contributed by atoms with Gasteiger partial charge in [-0.2, -0.15) is 0 Å². The number of nitrogens with zero attached hydrogens (tertiary/aromatic N) is 1. The number of carbonyl (C=O) groups excluding carboxylic acids is 1. The molecule has 1 heterocycles. The lowest BCUT2D eigenvalue weighted by molar-refractivity contribution is 0.205. The summed E-state index contributed by atoms with van der Waals surface area (Å²) in [5.74, 6) is 0.488. The van der Waals surface area contributed by atoms with Gasteiger partial charge >= 0.3 is 6.09 Å². The standard InChI is InChI=1S/C14H18N2O2S/c1-16(12-5-3-2-4-6-12)14(17)18-13(19)9-11-7-8-15-10-11/h2-6,11,15H,7-10H2,1H3. The molecule has 0 radical (unpaired) electrons. The highest BCUT2D eigenvalue weighted by Crippen LogP contribution is 2.16. The number of thiocarbonyl (C=S) groups is 1. The summed E-state index contributed by atoms with van der Waals surface area (Å²) in [5, 5.41) is 3.65. The van der Waals surface area contributed by atoms with E-state index in [1.165, 1.54) is 4.90 Å². The normalized spacial score (nSPS) is 18.1. The molecule has 1 saturated heterocycles. The number of carbonyl (C=O) groups is 1. The SMILES string of the molecule is CN(C(=O)OC(=S)CC1CCNC1)c1ccccc1. The van der Waals surface area contributed by atoms with Crippen molar-refractivity contribution in [1.82, 2.24) is 5.32 Å². The molecule has 0 bridgehead atoms. The molecule has 1 aromatic carbocycles. The summed E-state index contributed by atoms with van der Waals surface area (Å²) in [6, 6.07) is 9.36. The Morgan fingerprint density at radius 1 is 1.47 bits per heavy atom. The van der Waals surface area contributed by atoms with E-state index in [0.29, 0.717) is 17.4 Å². The van der Waals surface area contributed by atoms with Crippen LogP contribution in [0.3, 0.4) is 0 Å². The molecule has 4 nitrogen and oxygen atoms in total. The lowest BCUT2D eigenvalue weighted by Gasteiger charge is -2.17. The van der Waals surface area contributed by atoms with Crippen LogP contribution in [0, 0.1) is 5.92 Å². The number of rotatable bonds is 3. The second-order valence-electron chi connectivity index (χ2n) is 4.70. The molecule has 0 saturated carbocycles. The zero-order chi connectivity index (χ0) is 13.7. The lowest BCUT2D eigenvalue weighted by atomic mass is 10.1. The van der Waals surface area contributed by atoms with E-state index in [9.17, 15) is 4.79 Å². The molecule has 1 aromatic rings. The maximum absolute atomic E-state index is 11.9. The van der Waals surface area contributed by atoms with Gasteiger partial charge in [-0.25, -0.2) is 4.79 Å². The number of hydrogen-bond donors (Lipinski definition) is 1. The van der Waals surface area contributed by atoms with Gasteiger partial charge in [-0.3, -0.25) is 4.90 Å². The molecule has 1 unspecified atom stereocenters. The van der Waals surface area contributed by atoms with Crippen LogP contribution < -0.4 is 10.2 Å². The zero-order valence-electron chi connectivity index (χ0n) is 11.0. The summed E-state index contributed by atoms with van der Waals surface area (Å²) in [6.45, 7) is 1.97. The first-order chi connectivity index (χ1) is 9.16. The van der Waals surface area contributed by atoms with Crippen molar-refractivity contribution in [3.8, 4) is 0 Å². The van der Waals surface area contributed by atoms with Crippen LogP contribution in [0.5, 0.6) is 0 Å². The fraction of sp³-hybridized carbons (Fsp3) is 0.429. The first-order valence-electron chi connectivity index (χ1n) is 6.41. The topological polar surface area (TPSA) is 41.6 Å². The fourth-order valence-corrected chi connectivity index (χ4v) is 2.40. The Hall–Kier alpha value is -1.46. The van der Waals surface area contributed by atoms with Crippen LogP contribution in [-0.2, 0) is 4.74 Å². The monoisotopic (exact) mass is 278 g/mol. The van der Waals surface area contributed by atoms with E-state index < -0.39 is 6.09 Å². The van der Waals surface area contributed by atoms with Gasteiger partial charge in [0, 0.05) is 19.2 Å². The average molecular weight is 278 g/mol. The van der Waals surface area contributed by atoms with Crippen molar-refractivity contribution in [3.05, 3.63) is 30.3 Å². The number of anilines is 1. The second-order valence-corrected chi connectivity index (χ2v) is 5.15. The van der Waals surface area contributed by atoms with Crippen molar-refractivity contribution in [2.24, 2.45) is 5.92 Å². The summed E-state index contributed by atoms with van der Waals surface area (Å²) in [6.07, 6.45) is 1.32. The van der Waals surface area contributed by atoms with Crippen LogP contribution >= 0.6 is 12.2 Å². The third-order valence-electron chi connectivity index (χ3n) is 3.24. The van der Waals surface area contributed by atoms with Gasteiger partial charge in [0.2, 0.25) is 0 Å². The Morgan fingerprint density at radius 2 is 2.21 bits per heavy atom. The molecular formula is C14H18N2O2S. The van der Waals surface area contributed by atoms with Gasteiger partial charge in [0.15, 0.2) is 5.05 Å². The second kappa shape index (κ2) is 6.63. The Balaban J connectivity index is 1.84. The summed E-state index contributed by atoms with van der Waals surface area (Å²) >= 11 is 5.14. The molecule has 1 amide bonds. The van der Waals surface area contributed by atoms with Crippen LogP contribution in [0.2, 0.25) is 0 Å². The van der Waals surface area contributed by atoms with Crippen LogP contribution in [0.15, 0.2) is 30.3 Å². The highest BCUT2D eigenvalue weighted by molar-refractivity contribution is 7.80. The maximum atomic E-state index is 11.9. The molecule has 1 aliphatic rings. The van der Waals surface area contributed by atoms with Crippen molar-refractivity contribution in [2.75, 3.05) is 25.0 Å². The van der Waals surface area contributed by atoms with Gasteiger partial charge in [0.05, 0.1) is 0 Å². The van der Waals surface area contributed by atoms with Crippen LogP contribution in [0.25, 0.3) is 0 Å². The number of hydrogen-bond acceptors (Lipinski definition) is 4. The maximum Gasteiger partial charge on any atom is 0.419 e. The van der Waals surface area contributed by atoms with Gasteiger partial charge in [0.1, 0.15) is 0 Å². The molecule has 1 fully saturated rings. The minimum atomic E-state index is -0.429. The summed E-state index contributed by atoms with van der Waals surface area (Å²) < 4.78 is 5.22. The molecule has 2 rings (SSSR count). The molecular weight excluding hydrogens is 260 g/mol. The zero-order valence-corrected chi connectivity index (χ0v) is 11.8. The van der Waals surface area contributed by atoms with Crippen LogP contribution in [0.4, 0.5) is 10.5 Å². The molecule has 102 valence electrons.